The quantitative estimate of drug-likeness (QED) is 0.491. The van der Waals surface area contributed by atoms with Crippen LogP contribution in [-0.2, 0) is 11.3 Å². The number of halogens is 1. The van der Waals surface area contributed by atoms with Crippen LogP contribution >= 0.6 is 0 Å². The van der Waals surface area contributed by atoms with Crippen LogP contribution < -0.4 is 15.4 Å². The average molecular weight is 475 g/mol. The predicted octanol–water partition coefficient (Wildman–Crippen LogP) is 5.23. The number of aliphatic imine (C=N–C) groups is 1. The molecule has 2 N–H and O–H groups in total. The highest BCUT2D eigenvalue weighted by atomic mass is 19.1. The molecule has 2 aromatic carbocycles. The highest BCUT2D eigenvalue weighted by Gasteiger charge is 2.15. The van der Waals surface area contributed by atoms with Gasteiger partial charge in [-0.25, -0.2) is 9.37 Å². The summed E-state index contributed by atoms with van der Waals surface area (Å²) in [6, 6.07) is 14.5. The van der Waals surface area contributed by atoms with Crippen molar-refractivity contribution in [1.82, 2.24) is 10.3 Å². The van der Waals surface area contributed by atoms with Crippen LogP contribution in [0, 0.1) is 12.7 Å². The van der Waals surface area contributed by atoms with Crippen LogP contribution in [0.3, 0.4) is 0 Å². The standard InChI is InChI=1S/C25H21FN4O3.C2H6/c1-16-20(24(31)29-15-17-5-2-6-18(26)13-17)7-3-9-22(16)33-19-10-12-28-23(14-19)30-25(32)21-8-4-11-27-21;1-2/h2-10,12-14H,11,15H2,1H3,(H,29,31)(H,28,30,32);1-2H3. The molecule has 1 aromatic heterocycles. The van der Waals surface area contributed by atoms with Gasteiger partial charge in [-0.3, -0.25) is 14.6 Å². The van der Waals surface area contributed by atoms with Crippen molar-refractivity contribution < 1.29 is 18.7 Å². The van der Waals surface area contributed by atoms with Crippen LogP contribution in [0.1, 0.15) is 35.3 Å². The molecule has 35 heavy (non-hydrogen) atoms. The number of amides is 2. The monoisotopic (exact) mass is 474 g/mol. The van der Waals surface area contributed by atoms with E-state index in [2.05, 4.69) is 20.6 Å². The fourth-order valence-electron chi connectivity index (χ4n) is 3.26. The first-order valence-electron chi connectivity index (χ1n) is 11.3. The molecular weight excluding hydrogens is 447 g/mol. The molecule has 2 heterocycles. The topological polar surface area (TPSA) is 92.7 Å². The summed E-state index contributed by atoms with van der Waals surface area (Å²) in [4.78, 5) is 33.1. The summed E-state index contributed by atoms with van der Waals surface area (Å²) in [5.74, 6) is 0.262. The maximum absolute atomic E-state index is 13.3. The van der Waals surface area contributed by atoms with E-state index in [0.29, 0.717) is 46.3 Å². The molecule has 0 saturated heterocycles. The Bertz CT molecular complexity index is 1270. The van der Waals surface area contributed by atoms with Crippen molar-refractivity contribution in [3.05, 3.63) is 95.5 Å². The maximum atomic E-state index is 13.3. The molecule has 0 spiro atoms. The third kappa shape index (κ3) is 6.83. The number of anilines is 1. The van der Waals surface area contributed by atoms with E-state index in [4.69, 9.17) is 4.74 Å². The van der Waals surface area contributed by atoms with E-state index in [1.165, 1.54) is 18.3 Å². The van der Waals surface area contributed by atoms with Crippen molar-refractivity contribution in [2.24, 2.45) is 4.99 Å². The molecule has 2 amide bonds. The second-order valence-electron chi connectivity index (χ2n) is 7.30. The lowest BCUT2D eigenvalue weighted by atomic mass is 10.1. The van der Waals surface area contributed by atoms with Gasteiger partial charge in [0.05, 0.1) is 6.54 Å². The zero-order valence-electron chi connectivity index (χ0n) is 19.8. The first kappa shape index (κ1) is 25.3. The number of carbonyl (C=O) groups is 2. The Balaban J connectivity index is 0.00000167. The Morgan fingerprint density at radius 3 is 2.60 bits per heavy atom. The van der Waals surface area contributed by atoms with Gasteiger partial charge in [0.15, 0.2) is 0 Å². The number of hydrogen-bond acceptors (Lipinski definition) is 5. The van der Waals surface area contributed by atoms with E-state index < -0.39 is 0 Å². The van der Waals surface area contributed by atoms with Crippen molar-refractivity contribution in [3.8, 4) is 11.5 Å². The fourth-order valence-corrected chi connectivity index (χ4v) is 3.26. The lowest BCUT2D eigenvalue weighted by Crippen LogP contribution is -2.23. The molecule has 0 atom stereocenters. The van der Waals surface area contributed by atoms with Crippen LogP contribution in [-0.4, -0.2) is 29.1 Å². The Kier molecular flexibility index (Phi) is 8.83. The first-order chi connectivity index (χ1) is 17.0. The largest absolute Gasteiger partial charge is 0.457 e. The highest BCUT2D eigenvalue weighted by Crippen LogP contribution is 2.28. The zero-order valence-corrected chi connectivity index (χ0v) is 19.8. The Morgan fingerprint density at radius 1 is 1.06 bits per heavy atom. The minimum absolute atomic E-state index is 0.203. The molecule has 8 heteroatoms. The molecular formula is C27H27FN4O3. The maximum Gasteiger partial charge on any atom is 0.274 e. The van der Waals surface area contributed by atoms with Crippen molar-refractivity contribution in [3.63, 3.8) is 0 Å². The molecule has 1 aliphatic rings. The molecule has 1 aliphatic heterocycles. The fraction of sp³-hybridized carbons (Fsp3) is 0.185. The van der Waals surface area contributed by atoms with Gasteiger partial charge in [0.25, 0.3) is 11.8 Å². The van der Waals surface area contributed by atoms with Gasteiger partial charge in [0.2, 0.25) is 0 Å². The third-order valence-corrected chi connectivity index (χ3v) is 4.95. The zero-order chi connectivity index (χ0) is 25.2. The Morgan fingerprint density at radius 2 is 1.86 bits per heavy atom. The molecule has 180 valence electrons. The summed E-state index contributed by atoms with van der Waals surface area (Å²) in [6.45, 7) is 6.47. The number of carbonyl (C=O) groups excluding carboxylic acids is 2. The number of benzene rings is 2. The second-order valence-corrected chi connectivity index (χ2v) is 7.30. The van der Waals surface area contributed by atoms with E-state index in [0.717, 1.165) is 0 Å². The number of pyridine rings is 1. The average Bonchev–Trinajstić information content (AvgIpc) is 3.41. The second kappa shape index (κ2) is 12.2. The molecule has 0 saturated carbocycles. The van der Waals surface area contributed by atoms with Gasteiger partial charge < -0.3 is 15.4 Å². The summed E-state index contributed by atoms with van der Waals surface area (Å²) in [5, 5.41) is 5.48. The molecule has 3 aromatic rings. The highest BCUT2D eigenvalue weighted by molar-refractivity contribution is 6.47. The van der Waals surface area contributed by atoms with Gasteiger partial charge in [-0.05, 0) is 48.9 Å². The number of hydrogen-bond donors (Lipinski definition) is 2. The predicted molar refractivity (Wildman–Crippen MR) is 134 cm³/mol. The Labute approximate surface area is 203 Å². The van der Waals surface area contributed by atoms with Gasteiger partial charge in [-0.2, -0.15) is 0 Å². The van der Waals surface area contributed by atoms with Gasteiger partial charge in [-0.1, -0.05) is 38.1 Å². The van der Waals surface area contributed by atoms with Crippen LogP contribution in [0.15, 0.2) is 77.9 Å². The SMILES string of the molecule is CC.Cc1c(Oc2ccnc(NC(=O)C3=NCC=C3)c2)cccc1C(=O)NCc1cccc(F)c1. The minimum atomic E-state index is -0.353. The van der Waals surface area contributed by atoms with Crippen molar-refractivity contribution >= 4 is 23.3 Å². The van der Waals surface area contributed by atoms with Gasteiger partial charge in [0.1, 0.15) is 28.8 Å². The Hall–Kier alpha value is -4.33. The van der Waals surface area contributed by atoms with Gasteiger partial charge in [0, 0.05) is 29.9 Å². The number of ether oxygens (including phenoxy) is 1. The van der Waals surface area contributed by atoms with E-state index in [1.807, 2.05) is 13.8 Å². The molecule has 0 bridgehead atoms. The van der Waals surface area contributed by atoms with Crippen molar-refractivity contribution in [2.45, 2.75) is 27.3 Å². The molecule has 0 radical (unpaired) electrons. The molecule has 0 unspecified atom stereocenters. The summed E-state index contributed by atoms with van der Waals surface area (Å²) < 4.78 is 19.3. The number of rotatable bonds is 7. The minimum Gasteiger partial charge on any atom is -0.457 e. The van der Waals surface area contributed by atoms with E-state index in [1.54, 1.807) is 61.5 Å². The van der Waals surface area contributed by atoms with Crippen LogP contribution in [0.25, 0.3) is 0 Å². The summed E-state index contributed by atoms with van der Waals surface area (Å²) in [5.41, 5.74) is 2.09. The van der Waals surface area contributed by atoms with Crippen LogP contribution in [0.5, 0.6) is 11.5 Å². The van der Waals surface area contributed by atoms with Gasteiger partial charge in [-0.15, -0.1) is 0 Å². The normalized spacial score (nSPS) is 11.7. The van der Waals surface area contributed by atoms with Crippen molar-refractivity contribution in [2.75, 3.05) is 11.9 Å². The number of aromatic nitrogens is 1. The first-order valence-corrected chi connectivity index (χ1v) is 11.3. The lowest BCUT2D eigenvalue weighted by molar-refractivity contribution is -0.110. The molecule has 0 aliphatic carbocycles. The summed E-state index contributed by atoms with van der Waals surface area (Å²) in [6.07, 6.45) is 4.97. The third-order valence-electron chi connectivity index (χ3n) is 4.95. The smallest absolute Gasteiger partial charge is 0.274 e. The molecule has 4 rings (SSSR count). The molecule has 7 nitrogen and oxygen atoms in total. The summed E-state index contributed by atoms with van der Waals surface area (Å²) in [7, 11) is 0. The summed E-state index contributed by atoms with van der Waals surface area (Å²) >= 11 is 0. The van der Waals surface area contributed by atoms with Crippen LogP contribution in [0.2, 0.25) is 0 Å². The van der Waals surface area contributed by atoms with Crippen LogP contribution in [0.4, 0.5) is 10.2 Å². The van der Waals surface area contributed by atoms with Crippen molar-refractivity contribution in [1.29, 1.82) is 0 Å². The molecule has 0 fully saturated rings. The van der Waals surface area contributed by atoms with E-state index in [9.17, 15) is 14.0 Å². The van der Waals surface area contributed by atoms with E-state index >= 15 is 0 Å². The lowest BCUT2D eigenvalue weighted by Gasteiger charge is -2.13. The van der Waals surface area contributed by atoms with E-state index in [-0.39, 0.29) is 24.2 Å². The number of nitrogens with one attached hydrogen (secondary N) is 2. The van der Waals surface area contributed by atoms with Gasteiger partial charge >= 0.3 is 0 Å². The number of nitrogens with zero attached hydrogens (tertiary/aromatic N) is 2.